The van der Waals surface area contributed by atoms with Crippen LogP contribution in [-0.4, -0.2) is 22.1 Å². The van der Waals surface area contributed by atoms with Crippen molar-refractivity contribution in [3.63, 3.8) is 0 Å². The topological polar surface area (TPSA) is 52.1 Å². The predicted molar refractivity (Wildman–Crippen MR) is 84.9 cm³/mol. The molecule has 2 N–H and O–H groups in total. The number of benzene rings is 2. The van der Waals surface area contributed by atoms with E-state index in [1.807, 2.05) is 30.3 Å². The van der Waals surface area contributed by atoms with Gasteiger partial charge in [-0.15, -0.1) is 0 Å². The smallest absolute Gasteiger partial charge is 0.207 e. The maximum absolute atomic E-state index is 9.34. The number of anilines is 2. The number of aromatic hydroxyl groups is 1. The third-order valence-corrected chi connectivity index (χ3v) is 3.48. The Kier molecular flexibility index (Phi) is 3.36. The van der Waals surface area contributed by atoms with Crippen molar-refractivity contribution in [1.29, 1.82) is 0 Å². The Balaban J connectivity index is 1.87. The van der Waals surface area contributed by atoms with E-state index >= 15 is 0 Å². The van der Waals surface area contributed by atoms with Gasteiger partial charge in [-0.1, -0.05) is 29.8 Å². The first-order valence-electron chi connectivity index (χ1n) is 6.78. The molecule has 0 aliphatic carbocycles. The van der Waals surface area contributed by atoms with Gasteiger partial charge in [-0.25, -0.2) is 4.98 Å². The van der Waals surface area contributed by atoms with Crippen LogP contribution in [0.5, 0.6) is 5.75 Å². The molecule has 0 saturated carbocycles. The minimum atomic E-state index is 0.256. The van der Waals surface area contributed by atoms with Crippen LogP contribution in [0.2, 0.25) is 0 Å². The number of hydrogen-bond donors (Lipinski definition) is 2. The van der Waals surface area contributed by atoms with E-state index in [1.54, 1.807) is 12.1 Å². The summed E-state index contributed by atoms with van der Waals surface area (Å²) in [6.07, 6.45) is 1.83. The lowest BCUT2D eigenvalue weighted by Crippen LogP contribution is -2.10. The molecule has 4 heteroatoms. The molecule has 0 unspecified atom stereocenters. The summed E-state index contributed by atoms with van der Waals surface area (Å²) < 4.78 is 0. The fraction of sp³-hybridized carbons (Fsp3) is 0.118. The van der Waals surface area contributed by atoms with Crippen LogP contribution in [0.4, 0.5) is 11.6 Å². The van der Waals surface area contributed by atoms with E-state index < -0.39 is 0 Å². The molecule has 1 aromatic heterocycles. The second-order valence-electron chi connectivity index (χ2n) is 5.06. The van der Waals surface area contributed by atoms with Crippen molar-refractivity contribution in [3.05, 3.63) is 60.3 Å². The molecule has 0 amide bonds. The number of aromatic nitrogens is 2. The number of nitrogens with one attached hydrogen (secondary N) is 1. The third kappa shape index (κ3) is 2.74. The highest BCUT2D eigenvalue weighted by molar-refractivity contribution is 5.64. The highest BCUT2D eigenvalue weighted by atomic mass is 16.3. The summed E-state index contributed by atoms with van der Waals surface area (Å²) in [5.74, 6) is 1.02. The SMILES string of the molecule is Cc1ccc(-c2cnc(N(C)c3ccc(O)cc3)[nH]2)cc1. The summed E-state index contributed by atoms with van der Waals surface area (Å²) in [5, 5.41) is 9.34. The van der Waals surface area contributed by atoms with E-state index in [9.17, 15) is 5.11 Å². The van der Waals surface area contributed by atoms with Crippen molar-refractivity contribution in [2.45, 2.75) is 6.92 Å². The average Bonchev–Trinajstić information content (AvgIpc) is 2.98. The molecule has 3 aromatic rings. The van der Waals surface area contributed by atoms with Crippen molar-refractivity contribution in [3.8, 4) is 17.0 Å². The molecule has 0 aliphatic rings. The first-order chi connectivity index (χ1) is 10.1. The van der Waals surface area contributed by atoms with Crippen LogP contribution in [0.3, 0.4) is 0 Å². The summed E-state index contributed by atoms with van der Waals surface area (Å²) in [6, 6.07) is 15.3. The van der Waals surface area contributed by atoms with Crippen molar-refractivity contribution >= 4 is 11.6 Å². The van der Waals surface area contributed by atoms with Gasteiger partial charge in [-0.2, -0.15) is 0 Å². The van der Waals surface area contributed by atoms with Gasteiger partial charge in [0, 0.05) is 12.7 Å². The van der Waals surface area contributed by atoms with Gasteiger partial charge < -0.3 is 15.0 Å². The second kappa shape index (κ2) is 5.32. The number of phenolic OH excluding ortho intramolecular Hbond substituents is 1. The summed E-state index contributed by atoms with van der Waals surface area (Å²) in [6.45, 7) is 2.07. The molecule has 0 atom stereocenters. The fourth-order valence-electron chi connectivity index (χ4n) is 2.16. The van der Waals surface area contributed by atoms with Crippen LogP contribution in [0.15, 0.2) is 54.7 Å². The summed E-state index contributed by atoms with van der Waals surface area (Å²) in [7, 11) is 1.93. The van der Waals surface area contributed by atoms with Gasteiger partial charge in [0.1, 0.15) is 5.75 Å². The normalized spacial score (nSPS) is 10.6. The Morgan fingerprint density at radius 1 is 1.00 bits per heavy atom. The predicted octanol–water partition coefficient (Wildman–Crippen LogP) is 3.86. The van der Waals surface area contributed by atoms with E-state index in [2.05, 4.69) is 41.2 Å². The molecular formula is C17H17N3O. The minimum Gasteiger partial charge on any atom is -0.508 e. The number of phenols is 1. The molecule has 0 radical (unpaired) electrons. The van der Waals surface area contributed by atoms with Gasteiger partial charge in [0.05, 0.1) is 11.9 Å². The zero-order valence-electron chi connectivity index (χ0n) is 12.0. The third-order valence-electron chi connectivity index (χ3n) is 3.48. The lowest BCUT2D eigenvalue weighted by atomic mass is 10.1. The number of hydrogen-bond acceptors (Lipinski definition) is 3. The highest BCUT2D eigenvalue weighted by Crippen LogP contribution is 2.25. The van der Waals surface area contributed by atoms with Crippen LogP contribution in [0, 0.1) is 6.92 Å². The standard InChI is InChI=1S/C17H17N3O/c1-12-3-5-13(6-4-12)16-11-18-17(19-16)20(2)14-7-9-15(21)10-8-14/h3-11,21H,1-2H3,(H,18,19). The number of rotatable bonds is 3. The van der Waals surface area contributed by atoms with E-state index in [0.29, 0.717) is 0 Å². The van der Waals surface area contributed by atoms with E-state index in [-0.39, 0.29) is 5.75 Å². The zero-order valence-corrected chi connectivity index (χ0v) is 12.0. The molecule has 1 heterocycles. The Hall–Kier alpha value is -2.75. The summed E-state index contributed by atoms with van der Waals surface area (Å²) in [5.41, 5.74) is 4.28. The van der Waals surface area contributed by atoms with Crippen LogP contribution >= 0.6 is 0 Å². The minimum absolute atomic E-state index is 0.256. The molecular weight excluding hydrogens is 262 g/mol. The molecule has 4 nitrogen and oxygen atoms in total. The maximum Gasteiger partial charge on any atom is 0.207 e. The van der Waals surface area contributed by atoms with E-state index in [1.165, 1.54) is 5.56 Å². The van der Waals surface area contributed by atoms with Crippen molar-refractivity contribution in [2.24, 2.45) is 0 Å². The van der Waals surface area contributed by atoms with Gasteiger partial charge in [0.25, 0.3) is 0 Å². The van der Waals surface area contributed by atoms with Crippen LogP contribution < -0.4 is 4.90 Å². The first-order valence-corrected chi connectivity index (χ1v) is 6.78. The van der Waals surface area contributed by atoms with Gasteiger partial charge >= 0.3 is 0 Å². The van der Waals surface area contributed by atoms with Gasteiger partial charge in [0.2, 0.25) is 5.95 Å². The maximum atomic E-state index is 9.34. The van der Waals surface area contributed by atoms with Crippen LogP contribution in [0.1, 0.15) is 5.56 Å². The Bertz CT molecular complexity index is 729. The summed E-state index contributed by atoms with van der Waals surface area (Å²) in [4.78, 5) is 9.68. The Morgan fingerprint density at radius 3 is 2.33 bits per heavy atom. The van der Waals surface area contributed by atoms with Gasteiger partial charge in [-0.05, 0) is 36.8 Å². The largest absolute Gasteiger partial charge is 0.508 e. The number of imidazole rings is 1. The molecule has 0 aliphatic heterocycles. The lowest BCUT2D eigenvalue weighted by molar-refractivity contribution is 0.475. The molecule has 0 saturated heterocycles. The quantitative estimate of drug-likeness (QED) is 0.765. The molecule has 0 fully saturated rings. The monoisotopic (exact) mass is 279 g/mol. The fourth-order valence-corrected chi connectivity index (χ4v) is 2.16. The molecule has 2 aromatic carbocycles. The second-order valence-corrected chi connectivity index (χ2v) is 5.06. The number of aromatic amines is 1. The van der Waals surface area contributed by atoms with Crippen LogP contribution in [-0.2, 0) is 0 Å². The first kappa shape index (κ1) is 13.2. The van der Waals surface area contributed by atoms with Crippen molar-refractivity contribution in [2.75, 3.05) is 11.9 Å². The molecule has 0 spiro atoms. The Morgan fingerprint density at radius 2 is 1.67 bits per heavy atom. The molecule has 21 heavy (non-hydrogen) atoms. The average molecular weight is 279 g/mol. The number of nitrogens with zero attached hydrogens (tertiary/aromatic N) is 2. The molecule has 106 valence electrons. The van der Waals surface area contributed by atoms with Gasteiger partial charge in [0.15, 0.2) is 0 Å². The van der Waals surface area contributed by atoms with Crippen LogP contribution in [0.25, 0.3) is 11.3 Å². The van der Waals surface area contributed by atoms with Gasteiger partial charge in [-0.3, -0.25) is 0 Å². The number of aryl methyl sites for hydroxylation is 1. The number of H-pyrrole nitrogens is 1. The zero-order chi connectivity index (χ0) is 14.8. The summed E-state index contributed by atoms with van der Waals surface area (Å²) >= 11 is 0. The lowest BCUT2D eigenvalue weighted by Gasteiger charge is -2.15. The molecule has 0 bridgehead atoms. The highest BCUT2D eigenvalue weighted by Gasteiger charge is 2.09. The molecule has 3 rings (SSSR count). The Labute approximate surface area is 123 Å². The van der Waals surface area contributed by atoms with E-state index in [4.69, 9.17) is 0 Å². The van der Waals surface area contributed by atoms with Crippen molar-refractivity contribution < 1.29 is 5.11 Å². The van der Waals surface area contributed by atoms with E-state index in [0.717, 1.165) is 22.9 Å². The van der Waals surface area contributed by atoms with Crippen molar-refractivity contribution in [1.82, 2.24) is 9.97 Å².